The van der Waals surface area contributed by atoms with Crippen LogP contribution in [0.25, 0.3) is 0 Å². The van der Waals surface area contributed by atoms with Gasteiger partial charge in [-0.1, -0.05) is 67.2 Å². The van der Waals surface area contributed by atoms with E-state index in [9.17, 15) is 0 Å². The second-order valence-corrected chi connectivity index (χ2v) is 4.48. The molecular weight excluding hydrogens is 144 g/mol. The lowest BCUT2D eigenvalue weighted by molar-refractivity contribution is 0.346. The van der Waals surface area contributed by atoms with Crippen LogP contribution in [0.1, 0.15) is 67.2 Å². The summed E-state index contributed by atoms with van der Waals surface area (Å²) in [7, 11) is 0. The number of hydrogen-bond acceptors (Lipinski definition) is 0. The Morgan fingerprint density at radius 1 is 1.08 bits per heavy atom. The summed E-state index contributed by atoms with van der Waals surface area (Å²) in [5.41, 5.74) is 0. The summed E-state index contributed by atoms with van der Waals surface area (Å²) < 4.78 is 0. The second kappa shape index (κ2) is 11.0. The molecule has 0 heteroatoms. The molecule has 0 heterocycles. The van der Waals surface area contributed by atoms with E-state index in [0.717, 1.165) is 11.8 Å². The van der Waals surface area contributed by atoms with E-state index in [4.69, 9.17) is 0 Å². The van der Waals surface area contributed by atoms with Crippen molar-refractivity contribution in [2.75, 3.05) is 0 Å². The molecule has 1 rings (SSSR count). The topological polar surface area (TPSA) is 0 Å². The van der Waals surface area contributed by atoms with Gasteiger partial charge in [0.05, 0.1) is 0 Å². The predicted octanol–water partition coefficient (Wildman–Crippen LogP) is 4.89. The van der Waals surface area contributed by atoms with Crippen LogP contribution < -0.4 is 0 Å². The number of hydrogen-bond donors (Lipinski definition) is 0. The van der Waals surface area contributed by atoms with Crippen LogP contribution >= 0.6 is 0 Å². The highest BCUT2D eigenvalue weighted by molar-refractivity contribution is 4.62. The Kier molecular flexibility index (Phi) is 13.3. The molecule has 12 heavy (non-hydrogen) atoms. The Labute approximate surface area is 79.8 Å². The van der Waals surface area contributed by atoms with Crippen molar-refractivity contribution >= 4 is 0 Å². The van der Waals surface area contributed by atoms with E-state index in [1.165, 1.54) is 25.7 Å². The second-order valence-electron chi connectivity index (χ2n) is 4.48. The zero-order valence-corrected chi connectivity index (χ0v) is 9.98. The molecule has 0 aromatic heterocycles. The Morgan fingerprint density at radius 3 is 1.25 bits per heavy atom. The molecule has 0 aromatic carbocycles. The van der Waals surface area contributed by atoms with Gasteiger partial charge in [-0.2, -0.15) is 0 Å². The summed E-state index contributed by atoms with van der Waals surface area (Å²) in [6, 6.07) is 0. The summed E-state index contributed by atoms with van der Waals surface area (Å²) in [6.45, 7) is 13.1. The van der Waals surface area contributed by atoms with Gasteiger partial charge in [0.25, 0.3) is 0 Å². The van der Waals surface area contributed by atoms with Gasteiger partial charge in [-0.15, -0.1) is 0 Å². The third-order valence-corrected chi connectivity index (χ3v) is 1.39. The summed E-state index contributed by atoms with van der Waals surface area (Å²) in [6.07, 6.45) is 5.71. The normalized spacial score (nSPS) is 15.2. The van der Waals surface area contributed by atoms with Crippen molar-refractivity contribution in [2.24, 2.45) is 11.8 Å². The van der Waals surface area contributed by atoms with Crippen molar-refractivity contribution < 1.29 is 0 Å². The van der Waals surface area contributed by atoms with Gasteiger partial charge in [-0.05, 0) is 11.8 Å². The summed E-state index contributed by atoms with van der Waals surface area (Å²) in [4.78, 5) is 0. The largest absolute Gasteiger partial charge is 0.0656 e. The molecule has 0 radical (unpaired) electrons. The molecule has 1 aliphatic carbocycles. The summed E-state index contributed by atoms with van der Waals surface area (Å²) in [5.74, 6) is 1.90. The lowest BCUT2D eigenvalue weighted by atomic mass is 9.88. The standard InChI is InChI=1S/C5H10.C4H10.C3H8/c1-5-3-2-4-5;1-4(2)3;1-3-2/h5H,2-4H2,1H3;4H,1-3H3;3H2,1-2H3. The van der Waals surface area contributed by atoms with E-state index >= 15 is 0 Å². The quantitative estimate of drug-likeness (QED) is 0.488. The smallest absolute Gasteiger partial charge is 0.0443 e. The first-order valence-corrected chi connectivity index (χ1v) is 5.54. The first-order valence-electron chi connectivity index (χ1n) is 5.54. The minimum absolute atomic E-state index is 0.833. The van der Waals surface area contributed by atoms with Gasteiger partial charge in [0, 0.05) is 0 Å². The van der Waals surface area contributed by atoms with Gasteiger partial charge < -0.3 is 0 Å². The van der Waals surface area contributed by atoms with E-state index in [1.807, 2.05) is 0 Å². The lowest BCUT2D eigenvalue weighted by Gasteiger charge is -2.18. The maximum atomic E-state index is 2.31. The highest BCUT2D eigenvalue weighted by atomic mass is 14.1. The SMILES string of the molecule is CC(C)C.CC1CCC1.CCC. The molecule has 0 nitrogen and oxygen atoms in total. The fraction of sp³-hybridized carbons (Fsp3) is 1.00. The van der Waals surface area contributed by atoms with E-state index < -0.39 is 0 Å². The molecule has 1 aliphatic rings. The Bertz CT molecular complexity index is 57.7. The van der Waals surface area contributed by atoms with Crippen molar-refractivity contribution in [1.29, 1.82) is 0 Å². The van der Waals surface area contributed by atoms with Crippen LogP contribution in [-0.4, -0.2) is 0 Å². The first kappa shape index (κ1) is 14.5. The minimum atomic E-state index is 0.833. The maximum absolute atomic E-state index is 2.31. The zero-order chi connectivity index (χ0) is 9.98. The fourth-order valence-electron chi connectivity index (χ4n) is 0.612. The van der Waals surface area contributed by atoms with Crippen LogP contribution in [0.15, 0.2) is 0 Å². The average molecular weight is 172 g/mol. The Balaban J connectivity index is 0. The molecular formula is C12H28. The molecule has 0 atom stereocenters. The van der Waals surface area contributed by atoms with E-state index in [0.29, 0.717) is 0 Å². The first-order chi connectivity index (χ1) is 5.54. The monoisotopic (exact) mass is 172 g/mol. The van der Waals surface area contributed by atoms with Crippen LogP contribution in [0.3, 0.4) is 0 Å². The van der Waals surface area contributed by atoms with Crippen LogP contribution in [0.2, 0.25) is 0 Å². The van der Waals surface area contributed by atoms with Gasteiger partial charge in [0.2, 0.25) is 0 Å². The van der Waals surface area contributed by atoms with Gasteiger partial charge in [0.15, 0.2) is 0 Å². The minimum Gasteiger partial charge on any atom is -0.0656 e. The van der Waals surface area contributed by atoms with Gasteiger partial charge >= 0.3 is 0 Å². The zero-order valence-electron chi connectivity index (χ0n) is 9.98. The van der Waals surface area contributed by atoms with Crippen molar-refractivity contribution in [3.05, 3.63) is 0 Å². The molecule has 0 saturated heterocycles. The van der Waals surface area contributed by atoms with Crippen molar-refractivity contribution in [1.82, 2.24) is 0 Å². The van der Waals surface area contributed by atoms with Crippen molar-refractivity contribution in [3.63, 3.8) is 0 Å². The van der Waals surface area contributed by atoms with Gasteiger partial charge in [0.1, 0.15) is 0 Å². The highest BCUT2D eigenvalue weighted by Gasteiger charge is 2.09. The molecule has 76 valence electrons. The molecule has 0 unspecified atom stereocenters. The summed E-state index contributed by atoms with van der Waals surface area (Å²) in [5, 5.41) is 0. The number of rotatable bonds is 0. The molecule has 0 aliphatic heterocycles. The van der Waals surface area contributed by atoms with Crippen LogP contribution in [0.4, 0.5) is 0 Å². The highest BCUT2D eigenvalue weighted by Crippen LogP contribution is 2.24. The van der Waals surface area contributed by atoms with Crippen LogP contribution in [-0.2, 0) is 0 Å². The van der Waals surface area contributed by atoms with E-state index in [2.05, 4.69) is 41.5 Å². The molecule has 1 saturated carbocycles. The van der Waals surface area contributed by atoms with Gasteiger partial charge in [-0.25, -0.2) is 0 Å². The third-order valence-electron chi connectivity index (χ3n) is 1.39. The molecule has 0 amide bonds. The average Bonchev–Trinajstić information content (AvgIpc) is 1.84. The lowest BCUT2D eigenvalue weighted by Crippen LogP contribution is -2.04. The predicted molar refractivity (Wildman–Crippen MR) is 59.5 cm³/mol. The Morgan fingerprint density at radius 2 is 1.25 bits per heavy atom. The fourth-order valence-corrected chi connectivity index (χ4v) is 0.612. The van der Waals surface area contributed by atoms with E-state index in [-0.39, 0.29) is 0 Å². The molecule has 1 fully saturated rings. The van der Waals surface area contributed by atoms with Crippen molar-refractivity contribution in [2.45, 2.75) is 67.2 Å². The summed E-state index contributed by atoms with van der Waals surface area (Å²) >= 11 is 0. The molecule has 0 aromatic rings. The van der Waals surface area contributed by atoms with Gasteiger partial charge in [-0.3, -0.25) is 0 Å². The van der Waals surface area contributed by atoms with E-state index in [1.54, 1.807) is 0 Å². The third kappa shape index (κ3) is 22.5. The maximum Gasteiger partial charge on any atom is -0.0443 e. The molecule has 0 bridgehead atoms. The van der Waals surface area contributed by atoms with Crippen molar-refractivity contribution in [3.8, 4) is 0 Å². The Hall–Kier alpha value is 0. The molecule has 0 spiro atoms. The van der Waals surface area contributed by atoms with Crippen LogP contribution in [0.5, 0.6) is 0 Å². The van der Waals surface area contributed by atoms with Crippen LogP contribution in [0, 0.1) is 11.8 Å². The molecule has 0 N–H and O–H groups in total.